The Morgan fingerprint density at radius 2 is 2.00 bits per heavy atom. The second-order valence-corrected chi connectivity index (χ2v) is 4.78. The van der Waals surface area contributed by atoms with Crippen LogP contribution in [-0.2, 0) is 12.5 Å². The fraction of sp³-hybridized carbons (Fsp3) is 0.308. The van der Waals surface area contributed by atoms with E-state index in [0.717, 1.165) is 18.4 Å². The molecule has 0 radical (unpaired) electrons. The number of carbonyl (C=O) groups excluding carboxylic acids is 1. The quantitative estimate of drug-likeness (QED) is 0.650. The molecule has 2 N–H and O–H groups in total. The number of anilines is 1. The molecule has 5 nitrogen and oxygen atoms in total. The number of nitrogens with zero attached hydrogens (tertiary/aromatic N) is 3. The van der Waals surface area contributed by atoms with Gasteiger partial charge in [-0.25, -0.2) is 4.68 Å². The summed E-state index contributed by atoms with van der Waals surface area (Å²) in [6, 6.07) is 7.54. The minimum atomic E-state index is -0.386. The molecule has 0 saturated heterocycles. The lowest BCUT2D eigenvalue weighted by Gasteiger charge is -2.14. The Morgan fingerprint density at radius 1 is 1.33 bits per heavy atom. The SMILES string of the molecule is Cn1nncc1C(=O)C1(c2ccc(N)cc2)CC1. The van der Waals surface area contributed by atoms with Crippen LogP contribution < -0.4 is 5.73 Å². The summed E-state index contributed by atoms with van der Waals surface area (Å²) in [4.78, 5) is 12.6. The molecule has 2 aromatic rings. The third kappa shape index (κ3) is 1.51. The Morgan fingerprint density at radius 3 is 2.50 bits per heavy atom. The van der Waals surface area contributed by atoms with Crippen molar-refractivity contribution in [1.82, 2.24) is 15.0 Å². The molecule has 0 amide bonds. The van der Waals surface area contributed by atoms with Crippen molar-refractivity contribution in [3.05, 3.63) is 41.7 Å². The first-order valence-corrected chi connectivity index (χ1v) is 5.89. The number of Topliss-reactive ketones (excluding diaryl/α,β-unsaturated/α-hetero) is 1. The zero-order valence-corrected chi connectivity index (χ0v) is 10.1. The van der Waals surface area contributed by atoms with Gasteiger partial charge in [0.15, 0.2) is 5.78 Å². The van der Waals surface area contributed by atoms with Crippen LogP contribution in [0.3, 0.4) is 0 Å². The van der Waals surface area contributed by atoms with E-state index in [0.29, 0.717) is 11.4 Å². The molecule has 1 saturated carbocycles. The largest absolute Gasteiger partial charge is 0.399 e. The van der Waals surface area contributed by atoms with Gasteiger partial charge in [0.25, 0.3) is 0 Å². The first-order valence-electron chi connectivity index (χ1n) is 5.89. The molecule has 0 bridgehead atoms. The number of carbonyl (C=O) groups is 1. The maximum absolute atomic E-state index is 12.6. The van der Waals surface area contributed by atoms with E-state index in [1.54, 1.807) is 7.05 Å². The highest BCUT2D eigenvalue weighted by Gasteiger charge is 2.52. The summed E-state index contributed by atoms with van der Waals surface area (Å²) < 4.78 is 1.53. The average molecular weight is 242 g/mol. The Bertz CT molecular complexity index is 596. The van der Waals surface area contributed by atoms with E-state index in [1.807, 2.05) is 24.3 Å². The van der Waals surface area contributed by atoms with Gasteiger partial charge in [-0.05, 0) is 30.5 Å². The van der Waals surface area contributed by atoms with Gasteiger partial charge in [0.05, 0.1) is 11.6 Å². The molecule has 18 heavy (non-hydrogen) atoms. The molecule has 92 valence electrons. The Labute approximate surface area is 105 Å². The van der Waals surface area contributed by atoms with Crippen molar-refractivity contribution < 1.29 is 4.79 Å². The summed E-state index contributed by atoms with van der Waals surface area (Å²) in [6.07, 6.45) is 3.28. The highest BCUT2D eigenvalue weighted by molar-refractivity contribution is 6.04. The Balaban J connectivity index is 1.99. The van der Waals surface area contributed by atoms with Gasteiger partial charge in [0.1, 0.15) is 5.69 Å². The van der Waals surface area contributed by atoms with Crippen LogP contribution in [-0.4, -0.2) is 20.8 Å². The minimum absolute atomic E-state index is 0.0970. The predicted molar refractivity (Wildman–Crippen MR) is 67.1 cm³/mol. The van der Waals surface area contributed by atoms with Gasteiger partial charge in [-0.2, -0.15) is 0 Å². The topological polar surface area (TPSA) is 73.8 Å². The van der Waals surface area contributed by atoms with E-state index in [-0.39, 0.29) is 11.2 Å². The monoisotopic (exact) mass is 242 g/mol. The number of rotatable bonds is 3. The second-order valence-electron chi connectivity index (χ2n) is 4.78. The third-order valence-corrected chi connectivity index (χ3v) is 3.60. The van der Waals surface area contributed by atoms with E-state index < -0.39 is 0 Å². The maximum atomic E-state index is 12.6. The van der Waals surface area contributed by atoms with Crippen molar-refractivity contribution in [3.63, 3.8) is 0 Å². The number of aromatic nitrogens is 3. The highest BCUT2D eigenvalue weighted by Crippen LogP contribution is 2.50. The molecule has 0 spiro atoms. The minimum Gasteiger partial charge on any atom is -0.399 e. The van der Waals surface area contributed by atoms with Crippen LogP contribution in [0.15, 0.2) is 30.5 Å². The van der Waals surface area contributed by atoms with E-state index in [1.165, 1.54) is 10.9 Å². The molecular weight excluding hydrogens is 228 g/mol. The van der Waals surface area contributed by atoms with Crippen molar-refractivity contribution in [1.29, 1.82) is 0 Å². The first kappa shape index (κ1) is 11.0. The lowest BCUT2D eigenvalue weighted by Crippen LogP contribution is -2.23. The normalized spacial score (nSPS) is 16.5. The summed E-state index contributed by atoms with van der Waals surface area (Å²) in [5, 5.41) is 7.58. The van der Waals surface area contributed by atoms with Crippen LogP contribution >= 0.6 is 0 Å². The van der Waals surface area contributed by atoms with E-state index in [2.05, 4.69) is 10.3 Å². The van der Waals surface area contributed by atoms with Crippen LogP contribution in [0.5, 0.6) is 0 Å². The molecule has 1 heterocycles. The summed E-state index contributed by atoms with van der Waals surface area (Å²) >= 11 is 0. The number of nitrogens with two attached hydrogens (primary N) is 1. The average Bonchev–Trinajstić information content (AvgIpc) is 3.07. The molecule has 1 aliphatic rings. The van der Waals surface area contributed by atoms with Crippen LogP contribution in [0.2, 0.25) is 0 Å². The first-order chi connectivity index (χ1) is 8.63. The molecule has 1 aliphatic carbocycles. The molecule has 1 aromatic carbocycles. The summed E-state index contributed by atoms with van der Waals surface area (Å²) in [5.41, 5.74) is 7.59. The van der Waals surface area contributed by atoms with Gasteiger partial charge in [0, 0.05) is 12.7 Å². The maximum Gasteiger partial charge on any atom is 0.192 e. The van der Waals surface area contributed by atoms with Gasteiger partial charge >= 0.3 is 0 Å². The number of hydrogen-bond acceptors (Lipinski definition) is 4. The molecule has 0 aliphatic heterocycles. The van der Waals surface area contributed by atoms with Gasteiger partial charge in [-0.15, -0.1) is 5.10 Å². The molecule has 5 heteroatoms. The van der Waals surface area contributed by atoms with Gasteiger partial charge < -0.3 is 5.73 Å². The van der Waals surface area contributed by atoms with E-state index in [4.69, 9.17) is 5.73 Å². The zero-order valence-electron chi connectivity index (χ0n) is 10.1. The van der Waals surface area contributed by atoms with E-state index in [9.17, 15) is 4.79 Å². The van der Waals surface area contributed by atoms with Crippen molar-refractivity contribution in [2.24, 2.45) is 7.05 Å². The fourth-order valence-corrected chi connectivity index (χ4v) is 2.31. The molecule has 1 fully saturated rings. The zero-order chi connectivity index (χ0) is 12.8. The number of ketones is 1. The van der Waals surface area contributed by atoms with E-state index >= 15 is 0 Å². The summed E-state index contributed by atoms with van der Waals surface area (Å²) in [5.74, 6) is 0.0970. The third-order valence-electron chi connectivity index (χ3n) is 3.60. The van der Waals surface area contributed by atoms with Crippen LogP contribution in [0, 0.1) is 0 Å². The smallest absolute Gasteiger partial charge is 0.192 e. The highest BCUT2D eigenvalue weighted by atomic mass is 16.1. The van der Waals surface area contributed by atoms with Crippen molar-refractivity contribution in [3.8, 4) is 0 Å². The molecular formula is C13H14N4O. The Kier molecular flexibility index (Phi) is 2.23. The lowest BCUT2D eigenvalue weighted by molar-refractivity contribution is 0.0936. The number of aryl methyl sites for hydroxylation is 1. The Hall–Kier alpha value is -2.17. The lowest BCUT2D eigenvalue weighted by atomic mass is 9.89. The van der Waals surface area contributed by atoms with Crippen molar-refractivity contribution in [2.75, 3.05) is 5.73 Å². The number of benzene rings is 1. The second kappa shape index (κ2) is 3.66. The van der Waals surface area contributed by atoms with Crippen LogP contribution in [0.1, 0.15) is 28.9 Å². The number of nitrogen functional groups attached to an aromatic ring is 1. The van der Waals surface area contributed by atoms with Crippen LogP contribution in [0.25, 0.3) is 0 Å². The van der Waals surface area contributed by atoms with Gasteiger partial charge in [-0.3, -0.25) is 4.79 Å². The summed E-state index contributed by atoms with van der Waals surface area (Å²) in [6.45, 7) is 0. The fourth-order valence-electron chi connectivity index (χ4n) is 2.31. The molecule has 0 atom stereocenters. The molecule has 0 unspecified atom stereocenters. The molecule has 3 rings (SSSR count). The van der Waals surface area contributed by atoms with Crippen LogP contribution in [0.4, 0.5) is 5.69 Å². The van der Waals surface area contributed by atoms with Gasteiger partial charge in [0.2, 0.25) is 0 Å². The standard InChI is InChI=1S/C13H14N4O/c1-17-11(8-15-16-17)12(18)13(6-7-13)9-2-4-10(14)5-3-9/h2-5,8H,6-7,14H2,1H3. The van der Waals surface area contributed by atoms with Crippen molar-refractivity contribution in [2.45, 2.75) is 18.3 Å². The number of hydrogen-bond donors (Lipinski definition) is 1. The van der Waals surface area contributed by atoms with Crippen molar-refractivity contribution >= 4 is 11.5 Å². The predicted octanol–water partition coefficient (Wildman–Crippen LogP) is 1.31. The summed E-state index contributed by atoms with van der Waals surface area (Å²) in [7, 11) is 1.74. The molecule has 1 aromatic heterocycles. The van der Waals surface area contributed by atoms with Gasteiger partial charge in [-0.1, -0.05) is 17.3 Å².